The molecule has 3 aliphatic rings. The summed E-state index contributed by atoms with van der Waals surface area (Å²) in [5.41, 5.74) is 2.84. The highest BCUT2D eigenvalue weighted by Crippen LogP contribution is 2.42. The van der Waals surface area contributed by atoms with Gasteiger partial charge in [-0.05, 0) is 49.7 Å². The van der Waals surface area contributed by atoms with Crippen LogP contribution in [-0.4, -0.2) is 27.6 Å². The SMILES string of the molecule is O=c1cccc2n1C[C@@H]1C[C@H]2CN(c2ncnc3sc4c(c23)CCCC4)C1. The molecule has 2 bridgehead atoms. The molecule has 1 fully saturated rings. The number of rotatable bonds is 1. The van der Waals surface area contributed by atoms with Gasteiger partial charge >= 0.3 is 0 Å². The lowest BCUT2D eigenvalue weighted by Crippen LogP contribution is -2.47. The van der Waals surface area contributed by atoms with E-state index in [2.05, 4.69) is 16.0 Å². The van der Waals surface area contributed by atoms with Crippen LogP contribution in [0.2, 0.25) is 0 Å². The number of hydrogen-bond acceptors (Lipinski definition) is 5. The van der Waals surface area contributed by atoms with E-state index >= 15 is 0 Å². The van der Waals surface area contributed by atoms with Crippen molar-refractivity contribution in [1.82, 2.24) is 14.5 Å². The standard InChI is InChI=1S/C21H22N4OS/c26-18-7-3-5-16-14-8-13(10-25(16)18)9-24(11-14)20-19-15-4-1-2-6-17(15)27-21(19)23-12-22-20/h3,5,7,12-14H,1-2,4,6,8-11H2/t13-,14+/m1/s1. The lowest BCUT2D eigenvalue weighted by molar-refractivity contribution is 0.281. The molecule has 0 N–H and O–H groups in total. The number of fused-ring (bicyclic) bond motifs is 7. The number of nitrogens with zero attached hydrogens (tertiary/aromatic N) is 4. The Bertz CT molecular complexity index is 1100. The van der Waals surface area contributed by atoms with Crippen LogP contribution in [0.4, 0.5) is 5.82 Å². The van der Waals surface area contributed by atoms with E-state index in [1.807, 2.05) is 22.0 Å². The van der Waals surface area contributed by atoms with Gasteiger partial charge in [-0.3, -0.25) is 4.79 Å². The third-order valence-corrected chi connectivity index (χ3v) is 7.71. The topological polar surface area (TPSA) is 51.0 Å². The summed E-state index contributed by atoms with van der Waals surface area (Å²) in [5, 5.41) is 1.31. The molecule has 0 radical (unpaired) electrons. The average molecular weight is 379 g/mol. The molecule has 1 saturated heterocycles. The first kappa shape index (κ1) is 15.8. The normalized spacial score (nSPS) is 23.9. The Morgan fingerprint density at radius 2 is 2.00 bits per heavy atom. The van der Waals surface area contributed by atoms with E-state index in [4.69, 9.17) is 4.98 Å². The maximum atomic E-state index is 12.3. The van der Waals surface area contributed by atoms with Crippen molar-refractivity contribution in [3.05, 3.63) is 51.0 Å². The van der Waals surface area contributed by atoms with Crippen LogP contribution in [0.25, 0.3) is 10.2 Å². The summed E-state index contributed by atoms with van der Waals surface area (Å²) < 4.78 is 2.00. The lowest BCUT2D eigenvalue weighted by Gasteiger charge is -2.43. The Balaban J connectivity index is 1.44. The van der Waals surface area contributed by atoms with Crippen LogP contribution in [0.15, 0.2) is 29.3 Å². The second-order valence-electron chi connectivity index (χ2n) is 8.19. The molecular weight excluding hydrogens is 356 g/mol. The summed E-state index contributed by atoms with van der Waals surface area (Å²) >= 11 is 1.87. The molecule has 0 aromatic carbocycles. The number of thiophene rings is 1. The van der Waals surface area contributed by atoms with Crippen LogP contribution < -0.4 is 10.5 Å². The number of pyridine rings is 1. The summed E-state index contributed by atoms with van der Waals surface area (Å²) in [6.45, 7) is 2.75. The number of aryl methyl sites for hydroxylation is 2. The van der Waals surface area contributed by atoms with E-state index in [0.29, 0.717) is 11.8 Å². The number of hydrogen-bond donors (Lipinski definition) is 0. The highest BCUT2D eigenvalue weighted by molar-refractivity contribution is 7.19. The van der Waals surface area contributed by atoms with E-state index in [0.717, 1.165) is 36.7 Å². The van der Waals surface area contributed by atoms with Crippen molar-refractivity contribution in [2.75, 3.05) is 18.0 Å². The summed E-state index contributed by atoms with van der Waals surface area (Å²) in [6.07, 6.45) is 7.83. The predicted molar refractivity (Wildman–Crippen MR) is 108 cm³/mol. The molecule has 138 valence electrons. The van der Waals surface area contributed by atoms with Crippen LogP contribution >= 0.6 is 11.3 Å². The van der Waals surface area contributed by atoms with Crippen LogP contribution in [0, 0.1) is 5.92 Å². The molecule has 5 heterocycles. The minimum atomic E-state index is 0.145. The first-order chi connectivity index (χ1) is 13.3. The molecule has 6 heteroatoms. The molecule has 3 aromatic heterocycles. The van der Waals surface area contributed by atoms with Crippen LogP contribution in [0.3, 0.4) is 0 Å². The zero-order valence-electron chi connectivity index (χ0n) is 15.2. The molecule has 0 unspecified atom stereocenters. The van der Waals surface area contributed by atoms with Crippen molar-refractivity contribution >= 4 is 27.4 Å². The smallest absolute Gasteiger partial charge is 0.250 e. The van der Waals surface area contributed by atoms with E-state index in [-0.39, 0.29) is 5.56 Å². The lowest BCUT2D eigenvalue weighted by atomic mass is 9.83. The maximum absolute atomic E-state index is 12.3. The fourth-order valence-corrected chi connectivity index (χ4v) is 6.61. The molecular formula is C21H22N4OS. The van der Waals surface area contributed by atoms with Gasteiger partial charge in [0.2, 0.25) is 0 Å². The van der Waals surface area contributed by atoms with Crippen LogP contribution in [-0.2, 0) is 19.4 Å². The second-order valence-corrected chi connectivity index (χ2v) is 9.28. The fraction of sp³-hybridized carbons (Fsp3) is 0.476. The Morgan fingerprint density at radius 1 is 1.07 bits per heavy atom. The van der Waals surface area contributed by atoms with Gasteiger partial charge in [0.25, 0.3) is 5.56 Å². The average Bonchev–Trinajstić information content (AvgIpc) is 3.07. The Hall–Kier alpha value is -2.21. The van der Waals surface area contributed by atoms with Crippen molar-refractivity contribution in [3.63, 3.8) is 0 Å². The predicted octanol–water partition coefficient (Wildman–Crippen LogP) is 3.36. The summed E-state index contributed by atoms with van der Waals surface area (Å²) in [7, 11) is 0. The van der Waals surface area contributed by atoms with Crippen LogP contribution in [0.5, 0.6) is 0 Å². The Labute approximate surface area is 161 Å². The van der Waals surface area contributed by atoms with Gasteiger partial charge in [0.1, 0.15) is 17.0 Å². The van der Waals surface area contributed by atoms with Crippen molar-refractivity contribution in [3.8, 4) is 0 Å². The fourth-order valence-electron chi connectivity index (χ4n) is 5.38. The molecule has 3 aromatic rings. The monoisotopic (exact) mass is 378 g/mol. The van der Waals surface area contributed by atoms with Crippen molar-refractivity contribution in [2.24, 2.45) is 5.92 Å². The maximum Gasteiger partial charge on any atom is 0.250 e. The highest BCUT2D eigenvalue weighted by Gasteiger charge is 2.36. The molecule has 5 nitrogen and oxygen atoms in total. The van der Waals surface area contributed by atoms with Gasteiger partial charge in [-0.2, -0.15) is 0 Å². The van der Waals surface area contributed by atoms with Crippen molar-refractivity contribution in [2.45, 2.75) is 44.6 Å². The largest absolute Gasteiger partial charge is 0.355 e. The van der Waals surface area contributed by atoms with E-state index < -0.39 is 0 Å². The van der Waals surface area contributed by atoms with Gasteiger partial charge in [-0.1, -0.05) is 6.07 Å². The zero-order valence-corrected chi connectivity index (χ0v) is 16.0. The molecule has 27 heavy (non-hydrogen) atoms. The van der Waals surface area contributed by atoms with Gasteiger partial charge < -0.3 is 9.47 Å². The number of anilines is 1. The van der Waals surface area contributed by atoms with Crippen LogP contribution in [0.1, 0.15) is 41.3 Å². The number of aromatic nitrogens is 3. The molecule has 2 atom stereocenters. The van der Waals surface area contributed by atoms with E-state index in [9.17, 15) is 4.79 Å². The minimum Gasteiger partial charge on any atom is -0.355 e. The molecule has 6 rings (SSSR count). The van der Waals surface area contributed by atoms with Gasteiger partial charge in [0.15, 0.2) is 0 Å². The molecule has 2 aliphatic heterocycles. The van der Waals surface area contributed by atoms with Gasteiger partial charge in [-0.15, -0.1) is 11.3 Å². The van der Waals surface area contributed by atoms with E-state index in [1.165, 1.54) is 47.2 Å². The third kappa shape index (κ3) is 2.39. The van der Waals surface area contributed by atoms with Gasteiger partial charge in [-0.25, -0.2) is 9.97 Å². The van der Waals surface area contributed by atoms with Crippen molar-refractivity contribution in [1.29, 1.82) is 0 Å². The number of piperidine rings is 1. The first-order valence-electron chi connectivity index (χ1n) is 9.98. The summed E-state index contributed by atoms with van der Waals surface area (Å²) in [6, 6.07) is 5.73. The molecule has 1 aliphatic carbocycles. The summed E-state index contributed by atoms with van der Waals surface area (Å²) in [5.74, 6) is 2.04. The third-order valence-electron chi connectivity index (χ3n) is 6.51. The van der Waals surface area contributed by atoms with E-state index in [1.54, 1.807) is 12.4 Å². The van der Waals surface area contributed by atoms with Crippen molar-refractivity contribution < 1.29 is 0 Å². The summed E-state index contributed by atoms with van der Waals surface area (Å²) in [4.78, 5) is 26.8. The second kappa shape index (κ2) is 5.89. The quantitative estimate of drug-likeness (QED) is 0.652. The molecule has 0 amide bonds. The Morgan fingerprint density at radius 3 is 2.96 bits per heavy atom. The Kier molecular flexibility index (Phi) is 3.45. The van der Waals surface area contributed by atoms with Gasteiger partial charge in [0.05, 0.1) is 5.39 Å². The molecule has 0 saturated carbocycles. The molecule has 0 spiro atoms. The first-order valence-corrected chi connectivity index (χ1v) is 10.8. The zero-order chi connectivity index (χ0) is 18.0. The highest BCUT2D eigenvalue weighted by atomic mass is 32.1. The minimum absolute atomic E-state index is 0.145. The van der Waals surface area contributed by atoms with Gasteiger partial charge in [0, 0.05) is 42.2 Å².